The van der Waals surface area contributed by atoms with Crippen molar-refractivity contribution in [3.8, 4) is 0 Å². The van der Waals surface area contributed by atoms with Crippen molar-refractivity contribution in [2.45, 2.75) is 31.8 Å². The molecule has 4 rings (SSSR count). The van der Waals surface area contributed by atoms with E-state index in [4.69, 9.17) is 0 Å². The van der Waals surface area contributed by atoms with E-state index in [1.54, 1.807) is 12.1 Å². The number of hydrogen-bond acceptors (Lipinski definition) is 3. The van der Waals surface area contributed by atoms with Crippen molar-refractivity contribution >= 4 is 28.5 Å². The molecule has 3 amide bonds. The van der Waals surface area contributed by atoms with E-state index < -0.39 is 11.9 Å². The van der Waals surface area contributed by atoms with Crippen LogP contribution in [0.1, 0.15) is 23.1 Å². The van der Waals surface area contributed by atoms with E-state index in [1.165, 1.54) is 12.1 Å². The minimum atomic E-state index is -0.899. The molecule has 7 heteroatoms. The number of benzene rings is 4. The summed E-state index contributed by atoms with van der Waals surface area (Å²) in [5, 5.41) is 10.4. The molecule has 0 aromatic heterocycles. The number of hydrogen-bond donors (Lipinski definition) is 3. The summed E-state index contributed by atoms with van der Waals surface area (Å²) in [4.78, 5) is 38.1. The molecule has 38 heavy (non-hydrogen) atoms. The monoisotopic (exact) mass is 511 g/mol. The highest BCUT2D eigenvalue weighted by Gasteiger charge is 2.22. The summed E-state index contributed by atoms with van der Waals surface area (Å²) in [7, 11) is 0. The first kappa shape index (κ1) is 26.5. The van der Waals surface area contributed by atoms with Crippen LogP contribution >= 0.6 is 0 Å². The number of carbonyl (C=O) groups is 3. The largest absolute Gasteiger partial charge is 0.350 e. The van der Waals surface area contributed by atoms with Crippen LogP contribution in [-0.2, 0) is 33.8 Å². The summed E-state index contributed by atoms with van der Waals surface area (Å²) in [6, 6.07) is 28.3. The van der Waals surface area contributed by atoms with Gasteiger partial charge in [0.25, 0.3) is 0 Å². The van der Waals surface area contributed by atoms with Gasteiger partial charge in [-0.1, -0.05) is 84.9 Å². The SMILES string of the molecule is O=C(CCc1ccccc1)NCC(=O)N[C@@H](Cc1ccc(F)cc1)C(=O)NCc1cccc2ccccc12. The Hall–Kier alpha value is -4.52. The molecule has 0 radical (unpaired) electrons. The quantitative estimate of drug-likeness (QED) is 0.284. The minimum Gasteiger partial charge on any atom is -0.350 e. The van der Waals surface area contributed by atoms with Crippen molar-refractivity contribution in [2.75, 3.05) is 6.54 Å². The van der Waals surface area contributed by atoms with Crippen LogP contribution in [0.15, 0.2) is 97.1 Å². The Morgan fingerprint density at radius 2 is 1.42 bits per heavy atom. The lowest BCUT2D eigenvalue weighted by Crippen LogP contribution is -2.50. The molecule has 0 spiro atoms. The maximum atomic E-state index is 13.4. The third-order valence-corrected chi connectivity index (χ3v) is 6.27. The van der Waals surface area contributed by atoms with E-state index in [9.17, 15) is 18.8 Å². The van der Waals surface area contributed by atoms with Crippen molar-refractivity contribution in [3.63, 3.8) is 0 Å². The molecule has 0 aliphatic heterocycles. The van der Waals surface area contributed by atoms with Crippen LogP contribution in [0.25, 0.3) is 10.8 Å². The van der Waals surface area contributed by atoms with Crippen molar-refractivity contribution in [1.82, 2.24) is 16.0 Å². The van der Waals surface area contributed by atoms with Crippen LogP contribution in [0.5, 0.6) is 0 Å². The van der Waals surface area contributed by atoms with Crippen LogP contribution in [0.2, 0.25) is 0 Å². The van der Waals surface area contributed by atoms with Gasteiger partial charge in [-0.3, -0.25) is 14.4 Å². The fourth-order valence-electron chi connectivity index (χ4n) is 4.23. The fraction of sp³-hybridized carbons (Fsp3) is 0.194. The van der Waals surface area contributed by atoms with Gasteiger partial charge >= 0.3 is 0 Å². The predicted octanol–water partition coefficient (Wildman–Crippen LogP) is 4.07. The van der Waals surface area contributed by atoms with Crippen molar-refractivity contribution in [3.05, 3.63) is 120 Å². The smallest absolute Gasteiger partial charge is 0.243 e. The number of aryl methyl sites for hydroxylation is 1. The van der Waals surface area contributed by atoms with Gasteiger partial charge in [0.2, 0.25) is 17.7 Å². The number of carbonyl (C=O) groups excluding carboxylic acids is 3. The van der Waals surface area contributed by atoms with Crippen LogP contribution in [-0.4, -0.2) is 30.3 Å². The first-order valence-corrected chi connectivity index (χ1v) is 12.6. The Balaban J connectivity index is 1.36. The predicted molar refractivity (Wildman–Crippen MR) is 146 cm³/mol. The zero-order valence-corrected chi connectivity index (χ0v) is 21.0. The normalized spacial score (nSPS) is 11.5. The van der Waals surface area contributed by atoms with Gasteiger partial charge in [0.15, 0.2) is 0 Å². The van der Waals surface area contributed by atoms with E-state index in [-0.39, 0.29) is 43.6 Å². The zero-order chi connectivity index (χ0) is 26.7. The van der Waals surface area contributed by atoms with Crippen LogP contribution < -0.4 is 16.0 Å². The average Bonchev–Trinajstić information content (AvgIpc) is 2.95. The molecule has 0 aliphatic rings. The highest BCUT2D eigenvalue weighted by atomic mass is 19.1. The summed E-state index contributed by atoms with van der Waals surface area (Å²) in [6.45, 7) is 0.0380. The zero-order valence-electron chi connectivity index (χ0n) is 21.0. The van der Waals surface area contributed by atoms with E-state index >= 15 is 0 Å². The molecule has 0 saturated carbocycles. The molecule has 0 saturated heterocycles. The first-order valence-electron chi connectivity index (χ1n) is 12.6. The number of rotatable bonds is 11. The van der Waals surface area contributed by atoms with Crippen molar-refractivity contribution in [1.29, 1.82) is 0 Å². The summed E-state index contributed by atoms with van der Waals surface area (Å²) in [6.07, 6.45) is 0.995. The lowest BCUT2D eigenvalue weighted by Gasteiger charge is -2.19. The highest BCUT2D eigenvalue weighted by molar-refractivity contribution is 5.91. The Morgan fingerprint density at radius 1 is 0.711 bits per heavy atom. The Labute approximate surface area is 221 Å². The summed E-state index contributed by atoms with van der Waals surface area (Å²) < 4.78 is 13.4. The second kappa shape index (κ2) is 13.1. The van der Waals surface area contributed by atoms with Gasteiger partial charge in [0.05, 0.1) is 6.54 Å². The standard InChI is InChI=1S/C31H30FN3O3/c32-26-16-13-23(14-17-26)19-28(31(38)34-20-25-11-6-10-24-9-4-5-12-27(24)25)35-30(37)21-33-29(36)18-15-22-7-2-1-3-8-22/h1-14,16-17,28H,15,18-21H2,(H,33,36)(H,34,38)(H,35,37)/t28-/m0/s1. The number of amides is 3. The van der Waals surface area contributed by atoms with Gasteiger partial charge in [-0.25, -0.2) is 4.39 Å². The molecule has 194 valence electrons. The average molecular weight is 512 g/mol. The highest BCUT2D eigenvalue weighted by Crippen LogP contribution is 2.18. The van der Waals surface area contributed by atoms with Crippen LogP contribution in [0.4, 0.5) is 4.39 Å². The Bertz CT molecular complexity index is 1390. The van der Waals surface area contributed by atoms with E-state index in [0.29, 0.717) is 12.0 Å². The van der Waals surface area contributed by atoms with E-state index in [2.05, 4.69) is 16.0 Å². The summed E-state index contributed by atoms with van der Waals surface area (Å²) in [5.41, 5.74) is 2.69. The molecule has 4 aromatic rings. The lowest BCUT2D eigenvalue weighted by molar-refractivity contribution is -0.129. The molecule has 0 heterocycles. The van der Waals surface area contributed by atoms with Crippen LogP contribution in [0.3, 0.4) is 0 Å². The molecular weight excluding hydrogens is 481 g/mol. The third kappa shape index (κ3) is 7.74. The maximum absolute atomic E-state index is 13.4. The topological polar surface area (TPSA) is 87.3 Å². The molecule has 0 unspecified atom stereocenters. The van der Waals surface area contributed by atoms with Gasteiger partial charge in [0, 0.05) is 19.4 Å². The number of fused-ring (bicyclic) bond motifs is 1. The number of halogens is 1. The summed E-state index contributed by atoms with van der Waals surface area (Å²) in [5.74, 6) is -1.48. The first-order chi connectivity index (χ1) is 18.5. The fourth-order valence-corrected chi connectivity index (χ4v) is 4.23. The molecule has 0 aliphatic carbocycles. The van der Waals surface area contributed by atoms with Gasteiger partial charge in [-0.05, 0) is 46.0 Å². The molecule has 4 aromatic carbocycles. The molecule has 3 N–H and O–H groups in total. The van der Waals surface area contributed by atoms with Gasteiger partial charge < -0.3 is 16.0 Å². The van der Waals surface area contributed by atoms with Crippen molar-refractivity contribution in [2.24, 2.45) is 0 Å². The van der Waals surface area contributed by atoms with Gasteiger partial charge in [-0.2, -0.15) is 0 Å². The second-order valence-corrected chi connectivity index (χ2v) is 9.07. The third-order valence-electron chi connectivity index (χ3n) is 6.27. The molecule has 1 atom stereocenters. The minimum absolute atomic E-state index is 0.176. The van der Waals surface area contributed by atoms with E-state index in [0.717, 1.165) is 21.9 Å². The summed E-state index contributed by atoms with van der Waals surface area (Å²) >= 11 is 0. The Kier molecular flexibility index (Phi) is 9.18. The molecular formula is C31H30FN3O3. The lowest BCUT2D eigenvalue weighted by atomic mass is 10.0. The molecule has 0 fully saturated rings. The van der Waals surface area contributed by atoms with Crippen molar-refractivity contribution < 1.29 is 18.8 Å². The number of nitrogens with one attached hydrogen (secondary N) is 3. The van der Waals surface area contributed by atoms with Gasteiger partial charge in [-0.15, -0.1) is 0 Å². The molecule has 0 bridgehead atoms. The second-order valence-electron chi connectivity index (χ2n) is 9.07. The maximum Gasteiger partial charge on any atom is 0.243 e. The Morgan fingerprint density at radius 3 is 2.21 bits per heavy atom. The van der Waals surface area contributed by atoms with E-state index in [1.807, 2.05) is 72.8 Å². The molecule has 6 nitrogen and oxygen atoms in total. The van der Waals surface area contributed by atoms with Crippen LogP contribution in [0, 0.1) is 5.82 Å². The van der Waals surface area contributed by atoms with Gasteiger partial charge in [0.1, 0.15) is 11.9 Å².